The molecule has 4 N–H and O–H groups in total. The Morgan fingerprint density at radius 3 is 2.69 bits per heavy atom. The minimum atomic E-state index is -0.636. The molecule has 0 radical (unpaired) electrons. The molecule has 29 heavy (non-hydrogen) atoms. The van der Waals surface area contributed by atoms with Crippen LogP contribution in [0.1, 0.15) is 6.42 Å². The number of benzene rings is 2. The molecule has 152 valence electrons. The van der Waals surface area contributed by atoms with Gasteiger partial charge in [-0.25, -0.2) is 9.78 Å². The first-order valence-electron chi connectivity index (χ1n) is 8.47. The molecule has 0 aliphatic heterocycles. The quantitative estimate of drug-likeness (QED) is 0.292. The van der Waals surface area contributed by atoms with Crippen LogP contribution in [0.4, 0.5) is 16.3 Å². The first kappa shape index (κ1) is 21.2. The third kappa shape index (κ3) is 5.30. The highest BCUT2D eigenvalue weighted by Crippen LogP contribution is 2.29. The Kier molecular flexibility index (Phi) is 6.81. The number of nitrogens with one attached hydrogen (secondary N) is 2. The Morgan fingerprint density at radius 1 is 1.17 bits per heavy atom. The Hall–Kier alpha value is -2.52. The molecule has 0 fully saturated rings. The van der Waals surface area contributed by atoms with E-state index >= 15 is 0 Å². The largest absolute Gasteiger partial charge is 0.618 e. The molecule has 0 saturated heterocycles. The third-order valence-electron chi connectivity index (χ3n) is 3.77. The molecule has 3 rings (SSSR count). The number of fused-ring (bicyclic) bond motifs is 1. The van der Waals surface area contributed by atoms with E-state index in [0.29, 0.717) is 40.8 Å². The summed E-state index contributed by atoms with van der Waals surface area (Å²) in [4.78, 5) is 16.6. The average Bonchev–Trinajstić information content (AvgIpc) is 2.65. The molecule has 0 atom stereocenters. The molecule has 2 amide bonds. The number of carbonyl (C=O) groups excluding carboxylic acids is 1. The van der Waals surface area contributed by atoms with Crippen molar-refractivity contribution in [1.29, 1.82) is 0 Å². The minimum Gasteiger partial charge on any atom is -0.618 e. The summed E-state index contributed by atoms with van der Waals surface area (Å²) in [6.07, 6.45) is 1.77. The molecule has 0 spiro atoms. The highest BCUT2D eigenvalue weighted by molar-refractivity contribution is 6.42. The molecule has 1 aromatic heterocycles. The van der Waals surface area contributed by atoms with E-state index < -0.39 is 6.03 Å². The molecule has 0 unspecified atom stereocenters. The van der Waals surface area contributed by atoms with Gasteiger partial charge in [0.05, 0.1) is 22.3 Å². The average molecular weight is 457 g/mol. The monoisotopic (exact) mass is 455 g/mol. The van der Waals surface area contributed by atoms with Crippen LogP contribution in [0.2, 0.25) is 15.1 Å². The molecule has 2 aromatic carbocycles. The summed E-state index contributed by atoms with van der Waals surface area (Å²) < 4.78 is 6.15. The fourth-order valence-corrected chi connectivity index (χ4v) is 2.94. The number of hydrogen-bond acceptors (Lipinski definition) is 5. The van der Waals surface area contributed by atoms with E-state index in [-0.39, 0.29) is 26.9 Å². The van der Waals surface area contributed by atoms with Gasteiger partial charge in [0.2, 0.25) is 17.5 Å². The van der Waals surface area contributed by atoms with Crippen LogP contribution in [0.5, 0.6) is 5.75 Å². The Morgan fingerprint density at radius 2 is 1.93 bits per heavy atom. The van der Waals surface area contributed by atoms with Crippen molar-refractivity contribution < 1.29 is 14.3 Å². The van der Waals surface area contributed by atoms with E-state index in [1.807, 2.05) is 0 Å². The van der Waals surface area contributed by atoms with Crippen LogP contribution < -0.4 is 25.8 Å². The Labute approximate surface area is 181 Å². The summed E-state index contributed by atoms with van der Waals surface area (Å²) in [5, 5.41) is 18.2. The zero-order valence-electron chi connectivity index (χ0n) is 14.9. The smallest absolute Gasteiger partial charge is 0.325 e. The molecule has 8 nitrogen and oxygen atoms in total. The zero-order chi connectivity index (χ0) is 21.0. The molecule has 11 heteroatoms. The van der Waals surface area contributed by atoms with E-state index in [1.165, 1.54) is 12.1 Å². The molecular formula is C18H16Cl3N5O3. The van der Waals surface area contributed by atoms with Gasteiger partial charge < -0.3 is 21.0 Å². The number of anilines is 2. The van der Waals surface area contributed by atoms with Crippen molar-refractivity contribution in [3.8, 4) is 5.75 Å². The number of urea groups is 1. The normalized spacial score (nSPS) is 10.8. The van der Waals surface area contributed by atoms with Gasteiger partial charge in [-0.15, -0.1) is 0 Å². The number of nitrogens with zero attached hydrogens (tertiary/aromatic N) is 2. The molecule has 0 bridgehead atoms. The third-order valence-corrected chi connectivity index (χ3v) is 4.73. The van der Waals surface area contributed by atoms with Crippen LogP contribution in [0.15, 0.2) is 36.5 Å². The zero-order valence-corrected chi connectivity index (χ0v) is 17.2. The molecule has 0 aliphatic carbocycles. The highest BCUT2D eigenvalue weighted by atomic mass is 35.5. The number of carbonyl (C=O) groups is 1. The first-order valence-corrected chi connectivity index (χ1v) is 9.60. The lowest BCUT2D eigenvalue weighted by atomic mass is 10.3. The van der Waals surface area contributed by atoms with Crippen LogP contribution in [-0.4, -0.2) is 24.2 Å². The lowest BCUT2D eigenvalue weighted by molar-refractivity contribution is -0.576. The van der Waals surface area contributed by atoms with E-state index in [4.69, 9.17) is 45.3 Å². The van der Waals surface area contributed by atoms with Crippen molar-refractivity contribution in [2.24, 2.45) is 5.73 Å². The number of nitrogens with two attached hydrogens (primary N) is 1. The molecule has 0 saturated carbocycles. The molecule has 0 aliphatic rings. The first-order chi connectivity index (χ1) is 13.9. The number of halogens is 3. The van der Waals surface area contributed by atoms with Gasteiger partial charge in [-0.2, -0.15) is 4.73 Å². The second-order valence-corrected chi connectivity index (χ2v) is 7.17. The SMILES string of the molecule is NCCCOc1ccc(Cl)cc1NC(=O)Nc1c[n+]([O-])c2cc(Cl)c(Cl)cc2n1. The van der Waals surface area contributed by atoms with Gasteiger partial charge in [0, 0.05) is 11.1 Å². The standard InChI is InChI=1S/C18H16Cl3N5O3/c19-10-2-3-16(29-5-1-4-22)14(6-10)24-18(27)25-17-9-26(28)15-8-12(21)11(20)7-13(15)23-17/h2-3,6-9H,1,4-5,22H2,(H2,23,24,25,27). The summed E-state index contributed by atoms with van der Waals surface area (Å²) in [5.41, 5.74) is 6.32. The van der Waals surface area contributed by atoms with Crippen LogP contribution in [0.25, 0.3) is 11.0 Å². The van der Waals surface area contributed by atoms with Gasteiger partial charge in [0.1, 0.15) is 11.3 Å². The maximum atomic E-state index is 12.4. The number of amides is 2. The van der Waals surface area contributed by atoms with Gasteiger partial charge >= 0.3 is 6.03 Å². The summed E-state index contributed by atoms with van der Waals surface area (Å²) >= 11 is 17.9. The minimum absolute atomic E-state index is 0.0241. The van der Waals surface area contributed by atoms with Gasteiger partial charge in [0.25, 0.3) is 0 Å². The lowest BCUT2D eigenvalue weighted by Gasteiger charge is -2.13. The second kappa shape index (κ2) is 9.32. The number of ether oxygens (including phenoxy) is 1. The van der Waals surface area contributed by atoms with Gasteiger partial charge in [-0.1, -0.05) is 34.8 Å². The fraction of sp³-hybridized carbons (Fsp3) is 0.167. The molecule has 1 heterocycles. The maximum Gasteiger partial charge on any atom is 0.325 e. The van der Waals surface area contributed by atoms with Crippen LogP contribution in [0, 0.1) is 5.21 Å². The molecule has 3 aromatic rings. The topological polar surface area (TPSA) is 116 Å². The number of rotatable bonds is 6. The van der Waals surface area contributed by atoms with Gasteiger partial charge in [0.15, 0.2) is 0 Å². The Balaban J connectivity index is 1.79. The summed E-state index contributed by atoms with van der Waals surface area (Å²) in [6.45, 7) is 0.870. The van der Waals surface area contributed by atoms with Crippen LogP contribution in [-0.2, 0) is 0 Å². The highest BCUT2D eigenvalue weighted by Gasteiger charge is 2.15. The van der Waals surface area contributed by atoms with Crippen molar-refractivity contribution in [1.82, 2.24) is 4.98 Å². The van der Waals surface area contributed by atoms with Gasteiger partial charge in [-0.05, 0) is 37.2 Å². The summed E-state index contributed by atoms with van der Waals surface area (Å²) in [5.74, 6) is 0.459. The van der Waals surface area contributed by atoms with Crippen LogP contribution >= 0.6 is 34.8 Å². The van der Waals surface area contributed by atoms with Crippen LogP contribution in [0.3, 0.4) is 0 Å². The van der Waals surface area contributed by atoms with E-state index in [0.717, 1.165) is 6.20 Å². The van der Waals surface area contributed by atoms with Crippen molar-refractivity contribution in [2.45, 2.75) is 6.42 Å². The predicted molar refractivity (Wildman–Crippen MR) is 114 cm³/mol. The predicted octanol–water partition coefficient (Wildman–Crippen LogP) is 4.20. The van der Waals surface area contributed by atoms with Gasteiger partial charge in [-0.3, -0.25) is 5.32 Å². The number of hydrogen-bond donors (Lipinski definition) is 3. The Bertz CT molecular complexity index is 1060. The van der Waals surface area contributed by atoms with E-state index in [1.54, 1.807) is 18.2 Å². The van der Waals surface area contributed by atoms with E-state index in [2.05, 4.69) is 15.6 Å². The maximum absolute atomic E-state index is 12.4. The van der Waals surface area contributed by atoms with Crippen molar-refractivity contribution in [3.63, 3.8) is 0 Å². The van der Waals surface area contributed by atoms with Crippen molar-refractivity contribution in [3.05, 3.63) is 56.8 Å². The van der Waals surface area contributed by atoms with Crippen molar-refractivity contribution >= 4 is 63.4 Å². The summed E-state index contributed by atoms with van der Waals surface area (Å²) in [7, 11) is 0. The van der Waals surface area contributed by atoms with Crippen molar-refractivity contribution in [2.75, 3.05) is 23.8 Å². The number of aromatic nitrogens is 2. The fourth-order valence-electron chi connectivity index (χ4n) is 2.45. The lowest BCUT2D eigenvalue weighted by Crippen LogP contribution is -2.29. The second-order valence-electron chi connectivity index (χ2n) is 5.92. The summed E-state index contributed by atoms with van der Waals surface area (Å²) in [6, 6.07) is 7.03. The van der Waals surface area contributed by atoms with E-state index in [9.17, 15) is 10.0 Å². The molecular weight excluding hydrogens is 441 g/mol.